The van der Waals surface area contributed by atoms with Crippen LogP contribution in [0.4, 0.5) is 0 Å². The van der Waals surface area contributed by atoms with Crippen LogP contribution in [0.1, 0.15) is 24.0 Å². The van der Waals surface area contributed by atoms with Crippen LogP contribution < -0.4 is 9.47 Å². The van der Waals surface area contributed by atoms with E-state index in [9.17, 15) is 0 Å². The lowest BCUT2D eigenvalue weighted by atomic mass is 10.0. The molecule has 20 heavy (non-hydrogen) atoms. The Morgan fingerprint density at radius 3 is 2.50 bits per heavy atom. The second kappa shape index (κ2) is 6.80. The van der Waals surface area contributed by atoms with E-state index in [1.807, 2.05) is 42.5 Å². The lowest BCUT2D eigenvalue weighted by Crippen LogP contribution is -1.97. The maximum absolute atomic E-state index is 5.83. The predicted molar refractivity (Wildman–Crippen MR) is 82.4 cm³/mol. The first-order chi connectivity index (χ1) is 9.72. The molecule has 0 aliphatic carbocycles. The molecular weight excluding hydrogens is 248 g/mol. The van der Waals surface area contributed by atoms with E-state index in [2.05, 4.69) is 25.6 Å². The number of allylic oxidation sites excluding steroid dienone is 1. The van der Waals surface area contributed by atoms with Gasteiger partial charge in [-0.3, -0.25) is 0 Å². The van der Waals surface area contributed by atoms with Crippen molar-refractivity contribution in [1.29, 1.82) is 0 Å². The normalized spacial score (nSPS) is 11.7. The van der Waals surface area contributed by atoms with Gasteiger partial charge in [-0.15, -0.1) is 6.58 Å². The molecule has 2 aromatic carbocycles. The van der Waals surface area contributed by atoms with Crippen LogP contribution in [0.25, 0.3) is 0 Å². The first-order valence-electron chi connectivity index (χ1n) is 6.71. The Balaban J connectivity index is 2.01. The van der Waals surface area contributed by atoms with E-state index in [0.29, 0.717) is 12.5 Å². The van der Waals surface area contributed by atoms with Crippen molar-refractivity contribution in [3.05, 3.63) is 72.3 Å². The molecule has 0 saturated carbocycles. The second-order valence-electron chi connectivity index (χ2n) is 4.73. The van der Waals surface area contributed by atoms with Gasteiger partial charge in [0.25, 0.3) is 0 Å². The van der Waals surface area contributed by atoms with Crippen LogP contribution in [0.15, 0.2) is 61.2 Å². The third-order valence-electron chi connectivity index (χ3n) is 3.30. The van der Waals surface area contributed by atoms with Crippen LogP contribution in [-0.2, 0) is 6.61 Å². The quantitative estimate of drug-likeness (QED) is 0.715. The second-order valence-corrected chi connectivity index (χ2v) is 4.73. The van der Waals surface area contributed by atoms with Gasteiger partial charge in [-0.2, -0.15) is 0 Å². The molecule has 1 unspecified atom stereocenters. The maximum Gasteiger partial charge on any atom is 0.120 e. The fourth-order valence-corrected chi connectivity index (χ4v) is 1.91. The summed E-state index contributed by atoms with van der Waals surface area (Å²) in [6.07, 6.45) is 1.93. The summed E-state index contributed by atoms with van der Waals surface area (Å²) >= 11 is 0. The summed E-state index contributed by atoms with van der Waals surface area (Å²) < 4.78 is 11.0. The first-order valence-corrected chi connectivity index (χ1v) is 6.71. The van der Waals surface area contributed by atoms with Crippen molar-refractivity contribution in [2.24, 2.45) is 0 Å². The molecule has 104 valence electrons. The molecule has 0 N–H and O–H groups in total. The Labute approximate surface area is 120 Å². The van der Waals surface area contributed by atoms with Gasteiger partial charge in [0.05, 0.1) is 7.11 Å². The van der Waals surface area contributed by atoms with Crippen LogP contribution >= 0.6 is 0 Å². The van der Waals surface area contributed by atoms with E-state index >= 15 is 0 Å². The summed E-state index contributed by atoms with van der Waals surface area (Å²) in [6.45, 7) is 6.50. The minimum atomic E-state index is 0.333. The summed E-state index contributed by atoms with van der Waals surface area (Å²) in [7, 11) is 1.66. The molecule has 2 nitrogen and oxygen atoms in total. The van der Waals surface area contributed by atoms with Gasteiger partial charge in [0.15, 0.2) is 0 Å². The lowest BCUT2D eigenvalue weighted by molar-refractivity contribution is 0.305. The standard InChI is InChI=1S/C18H20O2/c1-4-14(2)16-6-5-7-18(12-16)20-13-15-8-10-17(19-3)11-9-15/h4-12,14H,1,13H2,2-3H3. The summed E-state index contributed by atoms with van der Waals surface area (Å²) in [5.41, 5.74) is 2.33. The minimum Gasteiger partial charge on any atom is -0.497 e. The highest BCUT2D eigenvalue weighted by molar-refractivity contribution is 5.33. The molecule has 0 aliphatic heterocycles. The zero-order chi connectivity index (χ0) is 14.4. The fraction of sp³-hybridized carbons (Fsp3) is 0.222. The van der Waals surface area contributed by atoms with Gasteiger partial charge >= 0.3 is 0 Å². The van der Waals surface area contributed by atoms with Gasteiger partial charge in [0.2, 0.25) is 0 Å². The van der Waals surface area contributed by atoms with E-state index in [1.165, 1.54) is 5.56 Å². The lowest BCUT2D eigenvalue weighted by Gasteiger charge is -2.10. The number of hydrogen-bond donors (Lipinski definition) is 0. The van der Waals surface area contributed by atoms with E-state index < -0.39 is 0 Å². The zero-order valence-corrected chi connectivity index (χ0v) is 12.0. The van der Waals surface area contributed by atoms with Crippen molar-refractivity contribution < 1.29 is 9.47 Å². The molecule has 0 spiro atoms. The third-order valence-corrected chi connectivity index (χ3v) is 3.30. The van der Waals surface area contributed by atoms with Crippen LogP contribution in [0, 0.1) is 0 Å². The molecule has 0 radical (unpaired) electrons. The van der Waals surface area contributed by atoms with Crippen molar-refractivity contribution in [2.45, 2.75) is 19.4 Å². The fourth-order valence-electron chi connectivity index (χ4n) is 1.91. The summed E-state index contributed by atoms with van der Waals surface area (Å²) in [5.74, 6) is 2.07. The van der Waals surface area contributed by atoms with Gasteiger partial charge in [0, 0.05) is 0 Å². The summed E-state index contributed by atoms with van der Waals surface area (Å²) in [6, 6.07) is 16.0. The molecule has 2 rings (SSSR count). The van der Waals surface area contributed by atoms with Crippen LogP contribution in [0.5, 0.6) is 11.5 Å². The van der Waals surface area contributed by atoms with Gasteiger partial charge in [-0.1, -0.05) is 37.3 Å². The first kappa shape index (κ1) is 14.2. The Morgan fingerprint density at radius 2 is 1.85 bits per heavy atom. The van der Waals surface area contributed by atoms with Crippen molar-refractivity contribution in [3.63, 3.8) is 0 Å². The Hall–Kier alpha value is -2.22. The van der Waals surface area contributed by atoms with E-state index in [4.69, 9.17) is 9.47 Å². The number of hydrogen-bond acceptors (Lipinski definition) is 2. The van der Waals surface area contributed by atoms with Gasteiger partial charge in [0.1, 0.15) is 18.1 Å². The molecule has 0 fully saturated rings. The molecule has 2 heteroatoms. The van der Waals surface area contributed by atoms with Crippen LogP contribution in [0.3, 0.4) is 0 Å². The number of rotatable bonds is 6. The average Bonchev–Trinajstić information content (AvgIpc) is 2.53. The van der Waals surface area contributed by atoms with Crippen LogP contribution in [-0.4, -0.2) is 7.11 Å². The Bertz CT molecular complexity index is 558. The Kier molecular flexibility index (Phi) is 4.83. The molecule has 0 heterocycles. The van der Waals surface area contributed by atoms with Crippen molar-refractivity contribution in [3.8, 4) is 11.5 Å². The smallest absolute Gasteiger partial charge is 0.120 e. The average molecular weight is 268 g/mol. The molecule has 2 aromatic rings. The molecule has 1 atom stereocenters. The van der Waals surface area contributed by atoms with E-state index in [1.54, 1.807) is 7.11 Å². The largest absolute Gasteiger partial charge is 0.497 e. The molecule has 0 bridgehead atoms. The number of methoxy groups -OCH3 is 1. The third kappa shape index (κ3) is 3.64. The van der Waals surface area contributed by atoms with Crippen LogP contribution in [0.2, 0.25) is 0 Å². The highest BCUT2D eigenvalue weighted by atomic mass is 16.5. The molecule has 0 saturated heterocycles. The summed E-state index contributed by atoms with van der Waals surface area (Å²) in [4.78, 5) is 0. The van der Waals surface area contributed by atoms with E-state index in [-0.39, 0.29) is 0 Å². The van der Waals surface area contributed by atoms with Gasteiger partial charge in [-0.25, -0.2) is 0 Å². The molecular formula is C18H20O2. The molecule has 0 amide bonds. The highest BCUT2D eigenvalue weighted by Gasteiger charge is 2.03. The van der Waals surface area contributed by atoms with E-state index in [0.717, 1.165) is 17.1 Å². The topological polar surface area (TPSA) is 18.5 Å². The monoisotopic (exact) mass is 268 g/mol. The minimum absolute atomic E-state index is 0.333. The van der Waals surface area contributed by atoms with Crippen molar-refractivity contribution in [1.82, 2.24) is 0 Å². The van der Waals surface area contributed by atoms with Crippen molar-refractivity contribution in [2.75, 3.05) is 7.11 Å². The predicted octanol–water partition coefficient (Wildman–Crippen LogP) is 4.56. The highest BCUT2D eigenvalue weighted by Crippen LogP contribution is 2.22. The number of ether oxygens (including phenoxy) is 2. The Morgan fingerprint density at radius 1 is 1.10 bits per heavy atom. The number of benzene rings is 2. The zero-order valence-electron chi connectivity index (χ0n) is 12.0. The molecule has 0 aromatic heterocycles. The van der Waals surface area contributed by atoms with Gasteiger partial charge in [-0.05, 0) is 41.3 Å². The van der Waals surface area contributed by atoms with Crippen molar-refractivity contribution >= 4 is 0 Å². The SMILES string of the molecule is C=CC(C)c1cccc(OCc2ccc(OC)cc2)c1. The van der Waals surface area contributed by atoms with Gasteiger partial charge < -0.3 is 9.47 Å². The maximum atomic E-state index is 5.83. The summed E-state index contributed by atoms with van der Waals surface area (Å²) in [5, 5.41) is 0. The molecule has 0 aliphatic rings.